The highest BCUT2D eigenvalue weighted by Gasteiger charge is 2.09. The molecule has 2 aromatic rings. The number of benzene rings is 2. The number of phenolic OH excluding ortho intramolecular Hbond substituents is 1. The Morgan fingerprint density at radius 3 is 2.68 bits per heavy atom. The average Bonchev–Trinajstić information content (AvgIpc) is 2.37. The molecule has 0 saturated heterocycles. The Kier molecular flexibility index (Phi) is 3.90. The van der Waals surface area contributed by atoms with Crippen LogP contribution in [-0.2, 0) is 6.54 Å². The lowest BCUT2D eigenvalue weighted by Gasteiger charge is -2.10. The number of para-hydroxylation sites is 1. The van der Waals surface area contributed by atoms with E-state index in [1.54, 1.807) is 18.2 Å². The van der Waals surface area contributed by atoms with Crippen LogP contribution >= 0.6 is 11.6 Å². The van der Waals surface area contributed by atoms with Crippen LogP contribution in [0.3, 0.4) is 0 Å². The highest BCUT2D eigenvalue weighted by Crippen LogP contribution is 2.28. The molecule has 0 radical (unpaired) electrons. The van der Waals surface area contributed by atoms with Gasteiger partial charge in [-0.05, 0) is 24.6 Å². The van der Waals surface area contributed by atoms with Crippen molar-refractivity contribution in [2.45, 2.75) is 13.5 Å². The molecule has 0 amide bonds. The summed E-state index contributed by atoms with van der Waals surface area (Å²) in [6.45, 7) is 1.64. The second-order valence-corrected chi connectivity index (χ2v) is 4.59. The Labute approximate surface area is 114 Å². The van der Waals surface area contributed by atoms with Crippen molar-refractivity contribution in [3.63, 3.8) is 0 Å². The van der Waals surface area contributed by atoms with Gasteiger partial charge in [0.1, 0.15) is 17.4 Å². The van der Waals surface area contributed by atoms with Gasteiger partial charge in [-0.15, -0.1) is 0 Å². The summed E-state index contributed by atoms with van der Waals surface area (Å²) in [4.78, 5) is 0. The first-order valence-corrected chi connectivity index (χ1v) is 6.02. The fraction of sp³-hybridized carbons (Fsp3) is 0.143. The van der Waals surface area contributed by atoms with Crippen molar-refractivity contribution in [3.05, 3.63) is 58.1 Å². The van der Waals surface area contributed by atoms with Crippen molar-refractivity contribution in [1.82, 2.24) is 0 Å². The van der Waals surface area contributed by atoms with Crippen LogP contribution in [0.25, 0.3) is 0 Å². The number of phenols is 1. The van der Waals surface area contributed by atoms with Crippen LogP contribution in [0.4, 0.5) is 14.5 Å². The van der Waals surface area contributed by atoms with Gasteiger partial charge in [0, 0.05) is 18.2 Å². The van der Waals surface area contributed by atoms with Crippen molar-refractivity contribution in [2.24, 2.45) is 0 Å². The first-order chi connectivity index (χ1) is 8.99. The Bertz CT molecular complexity index is 617. The minimum absolute atomic E-state index is 0.0440. The highest BCUT2D eigenvalue weighted by atomic mass is 35.5. The molecule has 100 valence electrons. The number of hydrogen-bond donors (Lipinski definition) is 2. The second-order valence-electron chi connectivity index (χ2n) is 4.18. The van der Waals surface area contributed by atoms with Crippen LogP contribution in [-0.4, -0.2) is 5.11 Å². The maximum Gasteiger partial charge on any atom is 0.146 e. The van der Waals surface area contributed by atoms with Crippen molar-refractivity contribution in [1.29, 1.82) is 0 Å². The van der Waals surface area contributed by atoms with Crippen LogP contribution in [0, 0.1) is 18.6 Å². The number of hydrogen-bond acceptors (Lipinski definition) is 2. The van der Waals surface area contributed by atoms with Crippen molar-refractivity contribution in [3.8, 4) is 5.75 Å². The van der Waals surface area contributed by atoms with Crippen LogP contribution < -0.4 is 5.32 Å². The maximum absolute atomic E-state index is 13.6. The molecule has 0 heterocycles. The van der Waals surface area contributed by atoms with Gasteiger partial charge in [-0.25, -0.2) is 8.78 Å². The maximum atomic E-state index is 13.6. The smallest absolute Gasteiger partial charge is 0.146 e. The van der Waals surface area contributed by atoms with E-state index in [-0.39, 0.29) is 28.6 Å². The van der Waals surface area contributed by atoms with Gasteiger partial charge in [-0.3, -0.25) is 0 Å². The zero-order valence-corrected chi connectivity index (χ0v) is 10.9. The topological polar surface area (TPSA) is 32.3 Å². The zero-order chi connectivity index (χ0) is 14.0. The molecule has 0 aliphatic carbocycles. The Hall–Kier alpha value is -1.81. The monoisotopic (exact) mass is 283 g/mol. The van der Waals surface area contributed by atoms with Crippen LogP contribution in [0.5, 0.6) is 5.75 Å². The average molecular weight is 284 g/mol. The minimum Gasteiger partial charge on any atom is -0.506 e. The quantitative estimate of drug-likeness (QED) is 0.883. The van der Waals surface area contributed by atoms with Crippen LogP contribution in [0.1, 0.15) is 11.1 Å². The molecule has 0 bridgehead atoms. The molecule has 0 spiro atoms. The van der Waals surface area contributed by atoms with Gasteiger partial charge in [0.25, 0.3) is 0 Å². The van der Waals surface area contributed by atoms with E-state index in [2.05, 4.69) is 5.32 Å². The largest absolute Gasteiger partial charge is 0.506 e. The van der Waals surface area contributed by atoms with Crippen molar-refractivity contribution >= 4 is 17.3 Å². The molecule has 19 heavy (non-hydrogen) atoms. The summed E-state index contributed by atoms with van der Waals surface area (Å²) in [6, 6.07) is 7.08. The second kappa shape index (κ2) is 5.45. The summed E-state index contributed by atoms with van der Waals surface area (Å²) >= 11 is 5.76. The molecule has 0 unspecified atom stereocenters. The van der Waals surface area contributed by atoms with E-state index < -0.39 is 11.6 Å². The van der Waals surface area contributed by atoms with Crippen LogP contribution in [0.2, 0.25) is 5.02 Å². The van der Waals surface area contributed by atoms with E-state index in [1.807, 2.05) is 0 Å². The molecule has 2 rings (SSSR count). The fourth-order valence-electron chi connectivity index (χ4n) is 1.67. The number of nitrogens with one attached hydrogen (secondary N) is 1. The molecule has 2 aromatic carbocycles. The molecule has 0 aliphatic rings. The van der Waals surface area contributed by atoms with Crippen LogP contribution in [0.15, 0.2) is 30.3 Å². The Morgan fingerprint density at radius 1 is 1.21 bits per heavy atom. The molecular formula is C14H12ClF2NO. The Balaban J connectivity index is 2.19. The normalized spacial score (nSPS) is 10.5. The predicted molar refractivity (Wildman–Crippen MR) is 71.5 cm³/mol. The van der Waals surface area contributed by atoms with Crippen molar-refractivity contribution in [2.75, 3.05) is 5.32 Å². The number of anilines is 1. The third-order valence-electron chi connectivity index (χ3n) is 2.79. The van der Waals surface area contributed by atoms with Gasteiger partial charge >= 0.3 is 0 Å². The molecule has 5 heteroatoms. The molecular weight excluding hydrogens is 272 g/mol. The van der Waals surface area contributed by atoms with E-state index in [0.29, 0.717) is 5.56 Å². The van der Waals surface area contributed by atoms with Gasteiger partial charge in [0.15, 0.2) is 0 Å². The zero-order valence-electron chi connectivity index (χ0n) is 10.2. The summed E-state index contributed by atoms with van der Waals surface area (Å²) in [5, 5.41) is 12.7. The van der Waals surface area contributed by atoms with E-state index in [1.165, 1.54) is 6.92 Å². The highest BCUT2D eigenvalue weighted by molar-refractivity contribution is 6.32. The summed E-state index contributed by atoms with van der Waals surface area (Å²) < 4.78 is 26.9. The lowest BCUT2D eigenvalue weighted by atomic mass is 10.1. The summed E-state index contributed by atoms with van der Waals surface area (Å²) in [7, 11) is 0. The molecule has 2 N–H and O–H groups in total. The van der Waals surface area contributed by atoms with E-state index in [0.717, 1.165) is 12.1 Å². The summed E-state index contributed by atoms with van der Waals surface area (Å²) in [6.07, 6.45) is 0. The number of aromatic hydroxyl groups is 1. The molecule has 0 atom stereocenters. The predicted octanol–water partition coefficient (Wildman–Crippen LogP) is 4.24. The fourth-order valence-corrected chi connectivity index (χ4v) is 1.87. The molecule has 0 saturated carbocycles. The first kappa shape index (κ1) is 13.6. The minimum atomic E-state index is -0.541. The van der Waals surface area contributed by atoms with Crippen molar-refractivity contribution < 1.29 is 13.9 Å². The Morgan fingerprint density at radius 2 is 1.95 bits per heavy atom. The summed E-state index contributed by atoms with van der Waals surface area (Å²) in [5.41, 5.74) is 0.795. The molecule has 0 aromatic heterocycles. The standard InChI is InChI=1S/C14H12ClF2NO/c1-8-5-12(17)13(6-11(8)16)18-7-9-3-2-4-10(15)14(9)19/h2-6,18-19H,7H2,1H3. The van der Waals surface area contributed by atoms with Gasteiger partial charge in [0.2, 0.25) is 0 Å². The SMILES string of the molecule is Cc1cc(F)c(NCc2cccc(Cl)c2O)cc1F. The lowest BCUT2D eigenvalue weighted by Crippen LogP contribution is -2.03. The van der Waals surface area contributed by atoms with Gasteiger partial charge in [0.05, 0.1) is 10.7 Å². The lowest BCUT2D eigenvalue weighted by molar-refractivity contribution is 0.469. The van der Waals surface area contributed by atoms with Gasteiger partial charge in [-0.1, -0.05) is 23.7 Å². The van der Waals surface area contributed by atoms with Gasteiger partial charge < -0.3 is 10.4 Å². The third-order valence-corrected chi connectivity index (χ3v) is 3.09. The molecule has 0 fully saturated rings. The number of aryl methyl sites for hydroxylation is 1. The van der Waals surface area contributed by atoms with E-state index in [4.69, 9.17) is 11.6 Å². The number of rotatable bonds is 3. The molecule has 0 aliphatic heterocycles. The third kappa shape index (κ3) is 2.96. The van der Waals surface area contributed by atoms with E-state index in [9.17, 15) is 13.9 Å². The number of halogens is 3. The summed E-state index contributed by atoms with van der Waals surface area (Å²) in [5.74, 6) is -1.09. The molecule has 2 nitrogen and oxygen atoms in total. The first-order valence-electron chi connectivity index (χ1n) is 5.65. The van der Waals surface area contributed by atoms with Gasteiger partial charge in [-0.2, -0.15) is 0 Å². The van der Waals surface area contributed by atoms with E-state index >= 15 is 0 Å².